The number of amides is 2. The fourth-order valence-corrected chi connectivity index (χ4v) is 2.06. The first-order valence-electron chi connectivity index (χ1n) is 5.36. The number of rotatable bonds is 4. The fourth-order valence-electron chi connectivity index (χ4n) is 2.06. The van der Waals surface area contributed by atoms with E-state index in [-0.39, 0.29) is 12.5 Å². The highest BCUT2D eigenvalue weighted by Gasteiger charge is 2.38. The lowest BCUT2D eigenvalue weighted by Crippen LogP contribution is -2.59. The van der Waals surface area contributed by atoms with Gasteiger partial charge in [0.15, 0.2) is 0 Å². The first-order chi connectivity index (χ1) is 7.10. The Labute approximate surface area is 89.8 Å². The van der Waals surface area contributed by atoms with Crippen molar-refractivity contribution in [3.05, 3.63) is 0 Å². The lowest BCUT2D eigenvalue weighted by Gasteiger charge is -2.35. The third-order valence-electron chi connectivity index (χ3n) is 2.89. The van der Waals surface area contributed by atoms with Gasteiger partial charge in [-0.15, -0.1) is 0 Å². The number of carbonyl (C=O) groups is 2. The van der Waals surface area contributed by atoms with E-state index >= 15 is 0 Å². The lowest BCUT2D eigenvalue weighted by molar-refractivity contribution is -0.132. The Morgan fingerprint density at radius 3 is 2.33 bits per heavy atom. The molecule has 0 bridgehead atoms. The summed E-state index contributed by atoms with van der Waals surface area (Å²) in [5.74, 6) is -0.579. The minimum Gasteiger partial charge on any atom is -0.368 e. The number of nitrogens with one attached hydrogen (secondary N) is 2. The zero-order valence-corrected chi connectivity index (χ0v) is 9.14. The quantitative estimate of drug-likeness (QED) is 0.589. The first kappa shape index (κ1) is 12.0. The van der Waals surface area contributed by atoms with Gasteiger partial charge in [-0.2, -0.15) is 0 Å². The zero-order valence-electron chi connectivity index (χ0n) is 9.14. The summed E-state index contributed by atoms with van der Waals surface area (Å²) < 4.78 is 0. The predicted molar refractivity (Wildman–Crippen MR) is 57.1 cm³/mol. The molecule has 1 aliphatic rings. The Morgan fingerprint density at radius 1 is 1.27 bits per heavy atom. The van der Waals surface area contributed by atoms with Crippen molar-refractivity contribution >= 4 is 11.8 Å². The van der Waals surface area contributed by atoms with Gasteiger partial charge in [0.1, 0.15) is 5.54 Å². The van der Waals surface area contributed by atoms with Crippen LogP contribution < -0.4 is 16.4 Å². The van der Waals surface area contributed by atoms with Crippen LogP contribution in [0.5, 0.6) is 0 Å². The van der Waals surface area contributed by atoms with Gasteiger partial charge < -0.3 is 16.4 Å². The van der Waals surface area contributed by atoms with E-state index < -0.39 is 11.4 Å². The Morgan fingerprint density at radius 2 is 1.87 bits per heavy atom. The van der Waals surface area contributed by atoms with Crippen molar-refractivity contribution in [2.24, 2.45) is 5.73 Å². The van der Waals surface area contributed by atoms with E-state index in [1.165, 1.54) is 0 Å². The van der Waals surface area contributed by atoms with Crippen LogP contribution in [-0.2, 0) is 9.59 Å². The SMILES string of the molecule is CNCC(=O)NC1(C(N)=O)CCCCC1. The van der Waals surface area contributed by atoms with E-state index in [1.54, 1.807) is 7.05 Å². The number of carbonyl (C=O) groups excluding carboxylic acids is 2. The summed E-state index contributed by atoms with van der Waals surface area (Å²) in [6.07, 6.45) is 4.33. The largest absolute Gasteiger partial charge is 0.368 e. The van der Waals surface area contributed by atoms with E-state index in [0.29, 0.717) is 12.8 Å². The lowest BCUT2D eigenvalue weighted by atomic mass is 9.81. The van der Waals surface area contributed by atoms with Crippen LogP contribution in [0.25, 0.3) is 0 Å². The van der Waals surface area contributed by atoms with Crippen molar-refractivity contribution in [1.82, 2.24) is 10.6 Å². The maximum atomic E-state index is 11.4. The smallest absolute Gasteiger partial charge is 0.243 e. The molecule has 0 unspecified atom stereocenters. The summed E-state index contributed by atoms with van der Waals surface area (Å²) in [6, 6.07) is 0. The molecule has 1 fully saturated rings. The summed E-state index contributed by atoms with van der Waals surface area (Å²) in [4.78, 5) is 22.8. The minimum absolute atomic E-state index is 0.168. The molecule has 5 heteroatoms. The Bertz CT molecular complexity index is 247. The standard InChI is InChI=1S/C10H19N3O2/c1-12-7-8(14)13-10(9(11)15)5-3-2-4-6-10/h12H,2-7H2,1H3,(H2,11,15)(H,13,14). The van der Waals surface area contributed by atoms with Gasteiger partial charge in [-0.3, -0.25) is 9.59 Å². The van der Waals surface area contributed by atoms with Gasteiger partial charge in [0.05, 0.1) is 6.54 Å². The number of hydrogen-bond donors (Lipinski definition) is 3. The van der Waals surface area contributed by atoms with Crippen molar-refractivity contribution in [3.8, 4) is 0 Å². The molecule has 0 heterocycles. The summed E-state index contributed by atoms with van der Waals surface area (Å²) >= 11 is 0. The highest BCUT2D eigenvalue weighted by molar-refractivity contribution is 5.91. The molecule has 1 aliphatic carbocycles. The van der Waals surface area contributed by atoms with Crippen LogP contribution in [0.4, 0.5) is 0 Å². The number of hydrogen-bond acceptors (Lipinski definition) is 3. The van der Waals surface area contributed by atoms with Crippen molar-refractivity contribution < 1.29 is 9.59 Å². The van der Waals surface area contributed by atoms with Crippen LogP contribution >= 0.6 is 0 Å². The molecule has 0 aromatic rings. The molecule has 0 saturated heterocycles. The van der Waals surface area contributed by atoms with Crippen molar-refractivity contribution in [1.29, 1.82) is 0 Å². The Kier molecular flexibility index (Phi) is 4.08. The highest BCUT2D eigenvalue weighted by atomic mass is 16.2. The Hall–Kier alpha value is -1.10. The van der Waals surface area contributed by atoms with Crippen molar-refractivity contribution in [2.45, 2.75) is 37.6 Å². The molecule has 4 N–H and O–H groups in total. The van der Waals surface area contributed by atoms with Crippen LogP contribution in [-0.4, -0.2) is 30.9 Å². The van der Waals surface area contributed by atoms with Crippen LogP contribution in [0.15, 0.2) is 0 Å². The molecular formula is C10H19N3O2. The van der Waals surface area contributed by atoms with E-state index in [4.69, 9.17) is 5.73 Å². The monoisotopic (exact) mass is 213 g/mol. The number of primary amides is 1. The minimum atomic E-state index is -0.799. The maximum absolute atomic E-state index is 11.4. The predicted octanol–water partition coefficient (Wildman–Crippen LogP) is -0.490. The number of likely N-dealkylation sites (N-methyl/N-ethyl adjacent to an activating group) is 1. The molecule has 2 amide bonds. The average Bonchev–Trinajstić information content (AvgIpc) is 2.19. The first-order valence-corrected chi connectivity index (χ1v) is 5.36. The zero-order chi connectivity index (χ0) is 11.3. The van der Waals surface area contributed by atoms with Crippen LogP contribution in [0.1, 0.15) is 32.1 Å². The van der Waals surface area contributed by atoms with Crippen LogP contribution in [0.3, 0.4) is 0 Å². The van der Waals surface area contributed by atoms with Gasteiger partial charge >= 0.3 is 0 Å². The van der Waals surface area contributed by atoms with Gasteiger partial charge in [-0.05, 0) is 19.9 Å². The highest BCUT2D eigenvalue weighted by Crippen LogP contribution is 2.27. The summed E-state index contributed by atoms with van der Waals surface area (Å²) in [5, 5.41) is 5.51. The van der Waals surface area contributed by atoms with Gasteiger partial charge in [0, 0.05) is 0 Å². The van der Waals surface area contributed by atoms with Gasteiger partial charge in [0.2, 0.25) is 11.8 Å². The van der Waals surface area contributed by atoms with E-state index in [0.717, 1.165) is 19.3 Å². The second kappa shape index (κ2) is 5.11. The topological polar surface area (TPSA) is 84.2 Å². The summed E-state index contributed by atoms with van der Waals surface area (Å²) in [6.45, 7) is 0.217. The van der Waals surface area contributed by atoms with E-state index in [2.05, 4.69) is 10.6 Å². The molecule has 1 rings (SSSR count). The summed E-state index contributed by atoms with van der Waals surface area (Å²) in [7, 11) is 1.69. The second-order valence-electron chi connectivity index (χ2n) is 4.09. The van der Waals surface area contributed by atoms with Crippen LogP contribution in [0.2, 0.25) is 0 Å². The molecule has 0 aliphatic heterocycles. The molecule has 0 atom stereocenters. The van der Waals surface area contributed by atoms with Gasteiger partial charge in [-0.25, -0.2) is 0 Å². The van der Waals surface area contributed by atoms with E-state index in [1.807, 2.05) is 0 Å². The van der Waals surface area contributed by atoms with E-state index in [9.17, 15) is 9.59 Å². The van der Waals surface area contributed by atoms with Crippen molar-refractivity contribution in [3.63, 3.8) is 0 Å². The molecule has 0 aromatic carbocycles. The van der Waals surface area contributed by atoms with Gasteiger partial charge in [0.25, 0.3) is 0 Å². The second-order valence-corrected chi connectivity index (χ2v) is 4.09. The van der Waals surface area contributed by atoms with Crippen LogP contribution in [0, 0.1) is 0 Å². The maximum Gasteiger partial charge on any atom is 0.243 e. The van der Waals surface area contributed by atoms with Gasteiger partial charge in [-0.1, -0.05) is 19.3 Å². The molecule has 0 spiro atoms. The fraction of sp³-hybridized carbons (Fsp3) is 0.800. The molecule has 1 saturated carbocycles. The molecule has 0 aromatic heterocycles. The molecule has 5 nitrogen and oxygen atoms in total. The molecule has 15 heavy (non-hydrogen) atoms. The third-order valence-corrected chi connectivity index (χ3v) is 2.89. The average molecular weight is 213 g/mol. The molecular weight excluding hydrogens is 194 g/mol. The summed E-state index contributed by atoms with van der Waals surface area (Å²) in [5.41, 5.74) is 4.57. The Balaban J connectivity index is 2.64. The van der Waals surface area contributed by atoms with Crippen molar-refractivity contribution in [2.75, 3.05) is 13.6 Å². The molecule has 86 valence electrons. The third kappa shape index (κ3) is 2.92. The molecule has 0 radical (unpaired) electrons. The normalized spacial score (nSPS) is 19.5. The number of nitrogens with two attached hydrogens (primary N) is 1.